The third-order valence-electron chi connectivity index (χ3n) is 3.27. The number of primary amides is 1. The van der Waals surface area contributed by atoms with Gasteiger partial charge in [-0.3, -0.25) is 19.2 Å². The fourth-order valence-electron chi connectivity index (χ4n) is 1.84. The zero-order chi connectivity index (χ0) is 35.5. The Bertz CT molecular complexity index is 769. The predicted octanol–water partition coefficient (Wildman–Crippen LogP) is 11.1. The summed E-state index contributed by atoms with van der Waals surface area (Å²) >= 11 is 0. The molecule has 0 radical (unpaired) electrons. The van der Waals surface area contributed by atoms with Crippen molar-refractivity contribution in [3.8, 4) is 5.75 Å². The molecule has 7 heteroatoms. The van der Waals surface area contributed by atoms with Gasteiger partial charge in [0.05, 0.1) is 7.11 Å². The Balaban J connectivity index is -0.0000000421. The first-order valence-corrected chi connectivity index (χ1v) is 15.5. The van der Waals surface area contributed by atoms with E-state index in [-0.39, 0.29) is 32.5 Å². The van der Waals surface area contributed by atoms with E-state index >= 15 is 0 Å². The monoisotopic (exact) mass is 629 g/mol. The molecule has 0 aliphatic rings. The highest BCUT2D eigenvalue weighted by Crippen LogP contribution is 2.12. The average Bonchev–Trinajstić information content (AvgIpc) is 3.10. The highest BCUT2D eigenvalue weighted by molar-refractivity contribution is 5.96. The first-order chi connectivity index (χ1) is 20.3. The number of methoxy groups -OCH3 is 1. The topological polar surface area (TPSA) is 116 Å². The van der Waals surface area contributed by atoms with Crippen LogP contribution in [-0.2, 0) is 4.79 Å². The number of carbonyl (C=O) groups excluding carboxylic acids is 4. The predicted molar refractivity (Wildman–Crippen MR) is 201 cm³/mol. The van der Waals surface area contributed by atoms with Crippen LogP contribution in [0.25, 0.3) is 0 Å². The number of benzene rings is 2. The SMILES string of the molecule is C.C.CC.CC.CC.CC.CC.CC.CC.CC(N)=O.CCC(=O)c1ccc(OC)cc1.CNC(=O)c1ccc(C=O)cc1. The molecule has 3 N–H and O–H groups in total. The maximum absolute atomic E-state index is 11.2. The molecule has 0 aliphatic carbocycles. The quantitative estimate of drug-likeness (QED) is 0.252. The van der Waals surface area contributed by atoms with E-state index in [2.05, 4.69) is 11.1 Å². The lowest BCUT2D eigenvalue weighted by Gasteiger charge is -2.00. The van der Waals surface area contributed by atoms with Crippen molar-refractivity contribution in [2.75, 3.05) is 14.2 Å². The number of amides is 2. The van der Waals surface area contributed by atoms with Gasteiger partial charge in [0, 0.05) is 37.1 Å². The van der Waals surface area contributed by atoms with Crippen molar-refractivity contribution in [3.63, 3.8) is 0 Å². The Morgan fingerprint density at radius 3 is 1.20 bits per heavy atom. The van der Waals surface area contributed by atoms with Crippen molar-refractivity contribution in [3.05, 3.63) is 65.2 Å². The third kappa shape index (κ3) is 51.3. The smallest absolute Gasteiger partial charge is 0.251 e. The Labute approximate surface area is 275 Å². The highest BCUT2D eigenvalue weighted by Gasteiger charge is 2.02. The van der Waals surface area contributed by atoms with Gasteiger partial charge < -0.3 is 15.8 Å². The number of Topliss-reactive ketones (excluding diaryl/α,β-unsaturated/α-hetero) is 1. The number of nitrogens with two attached hydrogens (primary N) is 1. The lowest BCUT2D eigenvalue weighted by atomic mass is 10.1. The van der Waals surface area contributed by atoms with E-state index < -0.39 is 0 Å². The molecule has 44 heavy (non-hydrogen) atoms. The lowest BCUT2D eigenvalue weighted by molar-refractivity contribution is -0.115. The standard InChI is InChI=1S/C10H12O2.C9H9NO2.C2H5NO.7C2H6.2CH4/c1-3-10(11)8-4-6-9(12-2)7-5-8;1-10-9(12)8-4-2-7(6-11)3-5-8;1-2(3)4;7*1-2;;/h4-7H,3H2,1-2H3;2-6H,1H3,(H,10,12);1H3,(H2,3,4);7*1-2H3;2*1H4. The first-order valence-electron chi connectivity index (χ1n) is 15.5. The second-order valence-electron chi connectivity index (χ2n) is 5.43. The number of rotatable bonds is 5. The van der Waals surface area contributed by atoms with E-state index in [4.69, 9.17) is 4.74 Å². The van der Waals surface area contributed by atoms with E-state index in [0.717, 1.165) is 17.6 Å². The number of ketones is 1. The number of nitrogens with one attached hydrogen (secondary N) is 1. The maximum Gasteiger partial charge on any atom is 0.251 e. The molecule has 0 spiro atoms. The molecule has 2 aromatic rings. The van der Waals surface area contributed by atoms with Gasteiger partial charge in [0.1, 0.15) is 12.0 Å². The van der Waals surface area contributed by atoms with Crippen LogP contribution in [0.3, 0.4) is 0 Å². The molecule has 0 fully saturated rings. The summed E-state index contributed by atoms with van der Waals surface area (Å²) in [4.78, 5) is 41.7. The van der Waals surface area contributed by atoms with Crippen molar-refractivity contribution in [2.24, 2.45) is 5.73 Å². The van der Waals surface area contributed by atoms with Crippen LogP contribution in [-0.4, -0.2) is 38.0 Å². The van der Waals surface area contributed by atoms with Crippen LogP contribution >= 0.6 is 0 Å². The Morgan fingerprint density at radius 2 is 0.977 bits per heavy atom. The molecular formula is C37H76N2O5. The highest BCUT2D eigenvalue weighted by atomic mass is 16.5. The molecule has 2 amide bonds. The van der Waals surface area contributed by atoms with Gasteiger partial charge in [-0.2, -0.15) is 0 Å². The van der Waals surface area contributed by atoms with Crippen molar-refractivity contribution >= 4 is 23.9 Å². The minimum absolute atomic E-state index is 0. The van der Waals surface area contributed by atoms with E-state index in [9.17, 15) is 19.2 Å². The van der Waals surface area contributed by atoms with Gasteiger partial charge in [-0.1, -0.05) is 131 Å². The van der Waals surface area contributed by atoms with Crippen LogP contribution < -0.4 is 15.8 Å². The summed E-state index contributed by atoms with van der Waals surface area (Å²) in [5, 5.41) is 2.49. The van der Waals surface area contributed by atoms with Gasteiger partial charge in [0.15, 0.2) is 5.78 Å². The molecule has 0 bridgehead atoms. The van der Waals surface area contributed by atoms with E-state index in [0.29, 0.717) is 17.5 Å². The summed E-state index contributed by atoms with van der Waals surface area (Å²) in [7, 11) is 3.17. The molecular weight excluding hydrogens is 552 g/mol. The van der Waals surface area contributed by atoms with E-state index in [1.807, 2.05) is 104 Å². The van der Waals surface area contributed by atoms with Crippen molar-refractivity contribution < 1.29 is 23.9 Å². The molecule has 264 valence electrons. The molecule has 0 aromatic heterocycles. The van der Waals surface area contributed by atoms with Gasteiger partial charge in [-0.05, 0) is 36.4 Å². The van der Waals surface area contributed by atoms with Gasteiger partial charge in [0.25, 0.3) is 5.91 Å². The maximum atomic E-state index is 11.2. The summed E-state index contributed by atoms with van der Waals surface area (Å²) in [6.07, 6.45) is 1.29. The summed E-state index contributed by atoms with van der Waals surface area (Å²) in [6, 6.07) is 13.6. The average molecular weight is 629 g/mol. The van der Waals surface area contributed by atoms with E-state index in [1.165, 1.54) is 6.92 Å². The normalized spacial score (nSPS) is 6.59. The van der Waals surface area contributed by atoms with Crippen LogP contribution in [0.5, 0.6) is 5.75 Å². The molecule has 0 heterocycles. The van der Waals surface area contributed by atoms with Crippen molar-refractivity contribution in [1.29, 1.82) is 0 Å². The molecule has 0 saturated carbocycles. The molecule has 0 atom stereocenters. The molecule has 0 aliphatic heterocycles. The first kappa shape index (κ1) is 67.9. The summed E-state index contributed by atoms with van der Waals surface area (Å²) < 4.78 is 4.97. The number of ether oxygens (including phenoxy) is 1. The Hall–Kier alpha value is -3.48. The number of aldehydes is 1. The van der Waals surface area contributed by atoms with Crippen LogP contribution in [0.15, 0.2) is 48.5 Å². The third-order valence-corrected chi connectivity index (χ3v) is 3.27. The van der Waals surface area contributed by atoms with Gasteiger partial charge >= 0.3 is 0 Å². The largest absolute Gasteiger partial charge is 0.497 e. The number of hydrogen-bond acceptors (Lipinski definition) is 5. The zero-order valence-electron chi connectivity index (χ0n) is 30.5. The Morgan fingerprint density at radius 1 is 0.682 bits per heavy atom. The number of carbonyl (C=O) groups is 4. The van der Waals surface area contributed by atoms with Gasteiger partial charge in [0.2, 0.25) is 5.91 Å². The zero-order valence-corrected chi connectivity index (χ0v) is 30.5. The molecule has 0 saturated heterocycles. The lowest BCUT2D eigenvalue weighted by Crippen LogP contribution is -2.17. The van der Waals surface area contributed by atoms with Crippen LogP contribution in [0.2, 0.25) is 0 Å². The fraction of sp³-hybridized carbons (Fsp3) is 0.568. The second kappa shape index (κ2) is 67.3. The van der Waals surface area contributed by atoms with Gasteiger partial charge in [-0.15, -0.1) is 0 Å². The second-order valence-corrected chi connectivity index (χ2v) is 5.43. The van der Waals surface area contributed by atoms with Gasteiger partial charge in [-0.25, -0.2) is 0 Å². The van der Waals surface area contributed by atoms with Crippen LogP contribution in [0.4, 0.5) is 0 Å². The van der Waals surface area contributed by atoms with Crippen molar-refractivity contribution in [2.45, 2.75) is 132 Å². The molecule has 2 aromatic carbocycles. The number of hydrogen-bond donors (Lipinski definition) is 2. The van der Waals surface area contributed by atoms with Crippen molar-refractivity contribution in [1.82, 2.24) is 5.32 Å². The fourth-order valence-corrected chi connectivity index (χ4v) is 1.84. The Kier molecular flexibility index (Phi) is 104. The minimum atomic E-state index is -0.333. The molecule has 0 unspecified atom stereocenters. The van der Waals surface area contributed by atoms with Crippen LogP contribution in [0.1, 0.15) is 163 Å². The molecule has 7 nitrogen and oxygen atoms in total. The minimum Gasteiger partial charge on any atom is -0.497 e. The summed E-state index contributed by atoms with van der Waals surface area (Å²) in [5.74, 6) is 0.466. The van der Waals surface area contributed by atoms with Crippen LogP contribution in [0, 0.1) is 0 Å². The molecule has 2 rings (SSSR count). The summed E-state index contributed by atoms with van der Waals surface area (Å²) in [6.45, 7) is 31.2. The summed E-state index contributed by atoms with van der Waals surface area (Å²) in [5.41, 5.74) is 6.35. The van der Waals surface area contributed by atoms with E-state index in [1.54, 1.807) is 62.7 Å².